The van der Waals surface area contributed by atoms with E-state index in [0.717, 1.165) is 22.5 Å². The van der Waals surface area contributed by atoms with Gasteiger partial charge in [-0.1, -0.05) is 11.3 Å². The lowest BCUT2D eigenvalue weighted by Gasteiger charge is -2.09. The molecule has 0 aliphatic rings. The van der Waals surface area contributed by atoms with Crippen molar-refractivity contribution in [3.05, 3.63) is 16.9 Å². The topological polar surface area (TPSA) is 47.2 Å². The largest absolute Gasteiger partial charge is 0.493 e. The zero-order valence-electron chi connectivity index (χ0n) is 10.6. The third-order valence-electron chi connectivity index (χ3n) is 2.73. The minimum absolute atomic E-state index is 0.564. The van der Waals surface area contributed by atoms with Crippen LogP contribution in [0.3, 0.4) is 0 Å². The smallest absolute Gasteiger partial charge is 0.182 e. The van der Waals surface area contributed by atoms with Crippen molar-refractivity contribution in [2.45, 2.75) is 6.54 Å². The number of fused-ring (bicyclic) bond motifs is 1. The van der Waals surface area contributed by atoms with Gasteiger partial charge in [0, 0.05) is 24.4 Å². The fourth-order valence-corrected chi connectivity index (χ4v) is 3.13. The first-order valence-corrected chi connectivity index (χ1v) is 7.71. The van der Waals surface area contributed by atoms with Gasteiger partial charge in [0.2, 0.25) is 0 Å². The van der Waals surface area contributed by atoms with E-state index in [9.17, 15) is 0 Å². The number of ether oxygens (including phenoxy) is 2. The second-order valence-corrected chi connectivity index (χ2v) is 5.74. The van der Waals surface area contributed by atoms with Crippen LogP contribution in [0.15, 0.2) is 12.1 Å². The molecule has 1 aromatic heterocycles. The average molecular weight is 284 g/mol. The maximum absolute atomic E-state index is 8.02. The van der Waals surface area contributed by atoms with Crippen LogP contribution in [-0.4, -0.2) is 30.8 Å². The predicted molar refractivity (Wildman–Crippen MR) is 77.2 cm³/mol. The summed E-state index contributed by atoms with van der Waals surface area (Å²) in [5.74, 6) is 2.42. The molecule has 4 nitrogen and oxygen atoms in total. The maximum Gasteiger partial charge on any atom is 0.182 e. The normalized spacial score (nSPS) is 10.8. The Balaban J connectivity index is 2.59. The molecule has 0 atom stereocenters. The first kappa shape index (κ1) is 13.3. The molecule has 0 radical (unpaired) electrons. The molecule has 6 heteroatoms. The predicted octanol–water partition coefficient (Wildman–Crippen LogP) is 2.56. The Morgan fingerprint density at radius 3 is 2.56 bits per heavy atom. The summed E-state index contributed by atoms with van der Waals surface area (Å²) in [7, 11) is 3.25. The summed E-state index contributed by atoms with van der Waals surface area (Å²) < 4.78 is 13.7. The molecule has 0 bridgehead atoms. The van der Waals surface area contributed by atoms with Gasteiger partial charge in [-0.2, -0.15) is 11.8 Å². The van der Waals surface area contributed by atoms with E-state index >= 15 is 0 Å². The van der Waals surface area contributed by atoms with Gasteiger partial charge in [-0.3, -0.25) is 5.41 Å². The van der Waals surface area contributed by atoms with Crippen LogP contribution in [0.5, 0.6) is 11.5 Å². The summed E-state index contributed by atoms with van der Waals surface area (Å²) in [6, 6.07) is 3.88. The quantitative estimate of drug-likeness (QED) is 0.918. The van der Waals surface area contributed by atoms with Crippen molar-refractivity contribution < 1.29 is 9.47 Å². The Morgan fingerprint density at radius 1 is 1.28 bits per heavy atom. The molecule has 0 spiro atoms. The number of benzene rings is 1. The zero-order valence-corrected chi connectivity index (χ0v) is 12.3. The third kappa shape index (κ3) is 2.35. The summed E-state index contributed by atoms with van der Waals surface area (Å²) in [4.78, 5) is 0.564. The number of methoxy groups -OCH3 is 2. The number of nitrogens with one attached hydrogen (secondary N) is 1. The molecule has 0 unspecified atom stereocenters. The van der Waals surface area contributed by atoms with Crippen molar-refractivity contribution in [3.63, 3.8) is 0 Å². The maximum atomic E-state index is 8.02. The van der Waals surface area contributed by atoms with E-state index in [1.807, 2.05) is 16.7 Å². The molecule has 1 heterocycles. The molecular formula is C12H16N2O2S2. The fourth-order valence-electron chi connectivity index (χ4n) is 1.82. The standard InChI is InChI=1S/C12H16N2O2S2/c1-15-9-6-8-11(7-10(9)16-2)18-12(13)14(8)4-5-17-3/h6-7,13H,4-5H2,1-3H3. The number of hydrogen-bond donors (Lipinski definition) is 1. The Hall–Kier alpha value is -1.14. The minimum Gasteiger partial charge on any atom is -0.493 e. The fraction of sp³-hybridized carbons (Fsp3) is 0.417. The van der Waals surface area contributed by atoms with Gasteiger partial charge in [0.1, 0.15) is 0 Å². The van der Waals surface area contributed by atoms with Crippen LogP contribution in [0.25, 0.3) is 10.2 Å². The van der Waals surface area contributed by atoms with Crippen LogP contribution in [0.2, 0.25) is 0 Å². The van der Waals surface area contributed by atoms with Crippen LogP contribution in [0.1, 0.15) is 0 Å². The highest BCUT2D eigenvalue weighted by Crippen LogP contribution is 2.33. The van der Waals surface area contributed by atoms with Gasteiger partial charge >= 0.3 is 0 Å². The molecule has 2 aromatic rings. The first-order valence-electron chi connectivity index (χ1n) is 5.50. The highest BCUT2D eigenvalue weighted by Gasteiger charge is 2.11. The number of hydrogen-bond acceptors (Lipinski definition) is 5. The minimum atomic E-state index is 0.564. The van der Waals surface area contributed by atoms with Crippen LogP contribution < -0.4 is 14.3 Å². The first-order chi connectivity index (χ1) is 8.71. The van der Waals surface area contributed by atoms with Crippen LogP contribution in [0, 0.1) is 5.41 Å². The average Bonchev–Trinajstić information content (AvgIpc) is 2.69. The lowest BCUT2D eigenvalue weighted by Crippen LogP contribution is -2.14. The van der Waals surface area contributed by atoms with Crippen molar-refractivity contribution in [2.75, 3.05) is 26.2 Å². The third-order valence-corrected chi connectivity index (χ3v) is 4.28. The lowest BCUT2D eigenvalue weighted by atomic mass is 10.3. The molecule has 0 aliphatic carbocycles. The van der Waals surface area contributed by atoms with Crippen molar-refractivity contribution in [1.82, 2.24) is 4.57 Å². The zero-order chi connectivity index (χ0) is 13.1. The van der Waals surface area contributed by atoms with Crippen LogP contribution in [-0.2, 0) is 6.54 Å². The number of rotatable bonds is 5. The van der Waals surface area contributed by atoms with E-state index in [-0.39, 0.29) is 0 Å². The van der Waals surface area contributed by atoms with E-state index in [2.05, 4.69) is 6.26 Å². The van der Waals surface area contributed by atoms with E-state index in [1.54, 1.807) is 26.0 Å². The number of aryl methyl sites for hydroxylation is 1. The second-order valence-electron chi connectivity index (χ2n) is 3.73. The van der Waals surface area contributed by atoms with E-state index in [0.29, 0.717) is 16.3 Å². The highest BCUT2D eigenvalue weighted by atomic mass is 32.2. The summed E-state index contributed by atoms with van der Waals surface area (Å²) in [6.45, 7) is 0.843. The van der Waals surface area contributed by atoms with Gasteiger partial charge in [0.05, 0.1) is 24.4 Å². The van der Waals surface area contributed by atoms with Crippen molar-refractivity contribution in [3.8, 4) is 11.5 Å². The number of thiazole rings is 1. The Kier molecular flexibility index (Phi) is 4.19. The van der Waals surface area contributed by atoms with Crippen molar-refractivity contribution in [1.29, 1.82) is 5.41 Å². The van der Waals surface area contributed by atoms with Gasteiger partial charge in [0.15, 0.2) is 16.3 Å². The van der Waals surface area contributed by atoms with Gasteiger partial charge in [-0.25, -0.2) is 0 Å². The SMILES string of the molecule is COc1cc2sc(=N)n(CCSC)c2cc1OC. The molecule has 2 rings (SSSR count). The molecule has 1 aromatic carbocycles. The van der Waals surface area contributed by atoms with Gasteiger partial charge in [0.25, 0.3) is 0 Å². The summed E-state index contributed by atoms with van der Waals surface area (Å²) in [5.41, 5.74) is 1.04. The second kappa shape index (κ2) is 5.67. The van der Waals surface area contributed by atoms with E-state index in [4.69, 9.17) is 14.9 Å². The molecule has 0 amide bonds. The Bertz CT molecular complexity index is 604. The molecule has 0 fully saturated rings. The summed E-state index contributed by atoms with van der Waals surface area (Å²) in [6.07, 6.45) is 2.07. The van der Waals surface area contributed by atoms with Gasteiger partial charge in [-0.15, -0.1) is 0 Å². The lowest BCUT2D eigenvalue weighted by molar-refractivity contribution is 0.355. The molecule has 98 valence electrons. The Morgan fingerprint density at radius 2 is 1.94 bits per heavy atom. The number of thioether (sulfide) groups is 1. The number of nitrogens with zero attached hydrogens (tertiary/aromatic N) is 1. The monoisotopic (exact) mass is 284 g/mol. The van der Waals surface area contributed by atoms with Crippen LogP contribution in [0.4, 0.5) is 0 Å². The van der Waals surface area contributed by atoms with Gasteiger partial charge in [-0.05, 0) is 6.26 Å². The summed E-state index contributed by atoms with van der Waals surface area (Å²) in [5, 5.41) is 8.02. The van der Waals surface area contributed by atoms with Crippen molar-refractivity contribution in [2.24, 2.45) is 0 Å². The van der Waals surface area contributed by atoms with E-state index in [1.165, 1.54) is 11.3 Å². The number of aromatic nitrogens is 1. The Labute approximate surface area is 114 Å². The van der Waals surface area contributed by atoms with Crippen LogP contribution >= 0.6 is 23.1 Å². The molecule has 0 saturated heterocycles. The van der Waals surface area contributed by atoms with Gasteiger partial charge < -0.3 is 14.0 Å². The highest BCUT2D eigenvalue weighted by molar-refractivity contribution is 7.98. The molecule has 18 heavy (non-hydrogen) atoms. The molecule has 0 aliphatic heterocycles. The molecular weight excluding hydrogens is 268 g/mol. The molecule has 1 N–H and O–H groups in total. The molecule has 0 saturated carbocycles. The summed E-state index contributed by atoms with van der Waals surface area (Å²) >= 11 is 3.24. The van der Waals surface area contributed by atoms with Crippen molar-refractivity contribution >= 4 is 33.3 Å². The van der Waals surface area contributed by atoms with E-state index < -0.39 is 0 Å².